The van der Waals surface area contributed by atoms with Crippen molar-refractivity contribution in [3.8, 4) is 0 Å². The van der Waals surface area contributed by atoms with Gasteiger partial charge in [-0.3, -0.25) is 4.57 Å². The smallest absolute Gasteiger partial charge is 0.329 e. The zero-order valence-electron chi connectivity index (χ0n) is 12.5. The Kier molecular flexibility index (Phi) is 3.86. The fraction of sp³-hybridized carbons (Fsp3) is 0.267. The van der Waals surface area contributed by atoms with Crippen LogP contribution < -0.4 is 11.1 Å². The van der Waals surface area contributed by atoms with Gasteiger partial charge in [0.25, 0.3) is 0 Å². The van der Waals surface area contributed by atoms with Crippen molar-refractivity contribution < 1.29 is 24.6 Å². The molecule has 2 atom stereocenters. The van der Waals surface area contributed by atoms with Crippen molar-refractivity contribution in [3.05, 3.63) is 30.5 Å². The van der Waals surface area contributed by atoms with Crippen molar-refractivity contribution in [2.24, 2.45) is 5.73 Å². The van der Waals surface area contributed by atoms with Crippen molar-refractivity contribution in [2.45, 2.75) is 18.6 Å². The number of carboxylic acids is 1. The van der Waals surface area contributed by atoms with Gasteiger partial charge in [-0.15, -0.1) is 0 Å². The second-order valence-electron chi connectivity index (χ2n) is 5.53. The highest BCUT2D eigenvalue weighted by Crippen LogP contribution is 2.27. The minimum Gasteiger partial charge on any atom is -0.480 e. The molecule has 0 bridgehead atoms. The van der Waals surface area contributed by atoms with E-state index < -0.39 is 30.2 Å². The highest BCUT2D eigenvalue weighted by atomic mass is 16.4. The van der Waals surface area contributed by atoms with E-state index in [1.807, 2.05) is 0 Å². The van der Waals surface area contributed by atoms with E-state index >= 15 is 0 Å². The fourth-order valence-electron chi connectivity index (χ4n) is 2.95. The number of amides is 3. The summed E-state index contributed by atoms with van der Waals surface area (Å²) in [6, 6.07) is 4.19. The number of para-hydroxylation sites is 1. The number of carbonyl (C=O) groups is 3. The molecule has 1 aliphatic rings. The molecule has 9 nitrogen and oxygen atoms in total. The third kappa shape index (κ3) is 2.54. The van der Waals surface area contributed by atoms with Gasteiger partial charge in [0.05, 0.1) is 17.3 Å². The number of anilines is 1. The molecule has 3 amide bonds. The topological polar surface area (TPSA) is 138 Å². The molecule has 0 unspecified atom stereocenters. The molecule has 126 valence electrons. The molecule has 0 saturated carbocycles. The summed E-state index contributed by atoms with van der Waals surface area (Å²) in [5, 5.41) is 22.1. The number of aliphatic carboxylic acids is 1. The largest absolute Gasteiger partial charge is 0.480 e. The van der Waals surface area contributed by atoms with Crippen LogP contribution in [0.4, 0.5) is 15.3 Å². The number of nitrogens with zero attached hydrogens (tertiary/aromatic N) is 2. The number of aromatic nitrogens is 1. The van der Waals surface area contributed by atoms with Gasteiger partial charge in [-0.05, 0) is 12.5 Å². The second-order valence-corrected chi connectivity index (χ2v) is 5.53. The lowest BCUT2D eigenvalue weighted by Gasteiger charge is -2.22. The Labute approximate surface area is 136 Å². The number of aliphatic hydroxyl groups excluding tert-OH is 1. The van der Waals surface area contributed by atoms with Crippen molar-refractivity contribution >= 4 is 34.6 Å². The predicted octanol–water partition coefficient (Wildman–Crippen LogP) is 0.620. The van der Waals surface area contributed by atoms with E-state index in [1.165, 1.54) is 10.8 Å². The summed E-state index contributed by atoms with van der Waals surface area (Å²) in [5.74, 6) is -1.27. The Morgan fingerprint density at radius 2 is 1.96 bits per heavy atom. The number of nitrogens with one attached hydrogen (secondary N) is 1. The molecule has 0 aliphatic carbocycles. The van der Waals surface area contributed by atoms with Gasteiger partial charge >= 0.3 is 18.0 Å². The Balaban J connectivity index is 1.91. The summed E-state index contributed by atoms with van der Waals surface area (Å²) >= 11 is 0. The number of carbonyl (C=O) groups excluding carboxylic acids is 2. The number of fused-ring (bicyclic) bond motifs is 1. The minimum atomic E-state index is -1.30. The maximum absolute atomic E-state index is 12.4. The molecule has 2 aromatic rings. The monoisotopic (exact) mass is 332 g/mol. The van der Waals surface area contributed by atoms with Crippen LogP contribution in [0.25, 0.3) is 10.9 Å². The third-order valence-electron chi connectivity index (χ3n) is 4.07. The van der Waals surface area contributed by atoms with Crippen molar-refractivity contribution in [1.82, 2.24) is 9.47 Å². The summed E-state index contributed by atoms with van der Waals surface area (Å²) in [6.45, 7) is 0.123. The number of urea groups is 1. The van der Waals surface area contributed by atoms with Gasteiger partial charge in [-0.1, -0.05) is 18.2 Å². The van der Waals surface area contributed by atoms with Gasteiger partial charge in [-0.2, -0.15) is 0 Å². The second kappa shape index (κ2) is 5.85. The molecule has 1 aromatic heterocycles. The summed E-state index contributed by atoms with van der Waals surface area (Å²) < 4.78 is 1.19. The van der Waals surface area contributed by atoms with Crippen LogP contribution >= 0.6 is 0 Å². The first-order valence-electron chi connectivity index (χ1n) is 7.28. The normalized spacial score (nSPS) is 20.3. The average Bonchev–Trinajstić information content (AvgIpc) is 3.09. The van der Waals surface area contributed by atoms with Crippen LogP contribution in [-0.2, 0) is 4.79 Å². The Bertz CT molecular complexity index is 830. The number of hydrogen-bond acceptors (Lipinski definition) is 4. The van der Waals surface area contributed by atoms with Gasteiger partial charge in [-0.25, -0.2) is 14.4 Å². The molecule has 24 heavy (non-hydrogen) atoms. The van der Waals surface area contributed by atoms with Crippen molar-refractivity contribution in [2.75, 3.05) is 11.9 Å². The van der Waals surface area contributed by atoms with Crippen molar-refractivity contribution in [3.63, 3.8) is 0 Å². The molecule has 1 saturated heterocycles. The number of likely N-dealkylation sites (tertiary alicyclic amines) is 1. The summed E-state index contributed by atoms with van der Waals surface area (Å²) in [6.07, 6.45) is 0.459. The van der Waals surface area contributed by atoms with Crippen LogP contribution in [0, 0.1) is 0 Å². The first-order chi connectivity index (χ1) is 11.4. The number of primary amides is 1. The van der Waals surface area contributed by atoms with E-state index in [0.29, 0.717) is 16.6 Å². The van der Waals surface area contributed by atoms with E-state index in [1.54, 1.807) is 24.3 Å². The first kappa shape index (κ1) is 15.8. The Hall–Kier alpha value is -3.07. The molecule has 1 aliphatic heterocycles. The summed E-state index contributed by atoms with van der Waals surface area (Å²) in [4.78, 5) is 36.2. The predicted molar refractivity (Wildman–Crippen MR) is 84.7 cm³/mol. The highest BCUT2D eigenvalue weighted by Gasteiger charge is 2.41. The maximum Gasteiger partial charge on any atom is 0.329 e. The molecule has 5 N–H and O–H groups in total. The molecule has 1 fully saturated rings. The number of hydrogen-bond donors (Lipinski definition) is 4. The summed E-state index contributed by atoms with van der Waals surface area (Å²) in [7, 11) is 0. The Morgan fingerprint density at radius 3 is 2.62 bits per heavy atom. The van der Waals surface area contributed by atoms with Gasteiger partial charge in [0, 0.05) is 18.1 Å². The lowest BCUT2D eigenvalue weighted by atomic mass is 10.2. The van der Waals surface area contributed by atoms with E-state index in [9.17, 15) is 24.6 Å². The molecule has 1 aromatic carbocycles. The zero-order valence-corrected chi connectivity index (χ0v) is 12.5. The number of benzene rings is 1. The SMILES string of the molecule is NC(=O)n1cc(NC(=O)N2CC[C@@H](O)[C@H]2C(=O)O)c2ccccc21. The van der Waals surface area contributed by atoms with Crippen LogP contribution in [0.2, 0.25) is 0 Å². The molecule has 2 heterocycles. The quantitative estimate of drug-likeness (QED) is 0.638. The van der Waals surface area contributed by atoms with Crippen LogP contribution in [0.1, 0.15) is 6.42 Å². The van der Waals surface area contributed by atoms with Crippen LogP contribution in [0.5, 0.6) is 0 Å². The molecule has 3 rings (SSSR count). The molecule has 0 radical (unpaired) electrons. The molecular weight excluding hydrogens is 316 g/mol. The highest BCUT2D eigenvalue weighted by molar-refractivity contribution is 6.05. The van der Waals surface area contributed by atoms with Gasteiger partial charge in [0.15, 0.2) is 6.04 Å². The molecule has 9 heteroatoms. The van der Waals surface area contributed by atoms with Crippen molar-refractivity contribution in [1.29, 1.82) is 0 Å². The number of nitrogens with two attached hydrogens (primary N) is 1. The maximum atomic E-state index is 12.4. The zero-order chi connectivity index (χ0) is 17.4. The minimum absolute atomic E-state index is 0.123. The van der Waals surface area contributed by atoms with Crippen LogP contribution in [0.15, 0.2) is 30.5 Å². The van der Waals surface area contributed by atoms with E-state index in [2.05, 4.69) is 5.32 Å². The number of rotatable bonds is 2. The van der Waals surface area contributed by atoms with E-state index in [-0.39, 0.29) is 13.0 Å². The first-order valence-corrected chi connectivity index (χ1v) is 7.28. The lowest BCUT2D eigenvalue weighted by molar-refractivity contribution is -0.143. The fourth-order valence-corrected chi connectivity index (χ4v) is 2.95. The van der Waals surface area contributed by atoms with Gasteiger partial charge in [0.2, 0.25) is 0 Å². The lowest BCUT2D eigenvalue weighted by Crippen LogP contribution is -2.46. The van der Waals surface area contributed by atoms with Crippen LogP contribution in [0.3, 0.4) is 0 Å². The Morgan fingerprint density at radius 1 is 1.25 bits per heavy atom. The summed E-state index contributed by atoms with van der Waals surface area (Å²) in [5.41, 5.74) is 6.17. The molecule has 0 spiro atoms. The standard InChI is InChI=1S/C15H16N4O5/c16-14(23)19-7-9(8-3-1-2-4-10(8)19)17-15(24)18-6-5-11(20)12(18)13(21)22/h1-4,7,11-12,20H,5-6H2,(H2,16,23)(H,17,24)(H,21,22)/t11-,12+/m1/s1. The molecular formula is C15H16N4O5. The van der Waals surface area contributed by atoms with Gasteiger partial charge < -0.3 is 26.2 Å². The van der Waals surface area contributed by atoms with E-state index in [0.717, 1.165) is 4.90 Å². The third-order valence-corrected chi connectivity index (χ3v) is 4.07. The van der Waals surface area contributed by atoms with Gasteiger partial charge in [0.1, 0.15) is 0 Å². The van der Waals surface area contributed by atoms with Crippen LogP contribution in [-0.4, -0.2) is 56.4 Å². The number of aliphatic hydroxyl groups is 1. The number of carboxylic acid groups (broad SMARTS) is 1. The van der Waals surface area contributed by atoms with E-state index in [4.69, 9.17) is 5.73 Å². The average molecular weight is 332 g/mol.